The van der Waals surface area contributed by atoms with E-state index in [9.17, 15) is 18.0 Å². The number of Topliss-reactive ketones (excluding diaryl/α,β-unsaturated/α-hetero) is 2. The summed E-state index contributed by atoms with van der Waals surface area (Å²) < 4.78 is 26.9. The first kappa shape index (κ1) is 22.4. The maximum absolute atomic E-state index is 12.9. The van der Waals surface area contributed by atoms with Crippen LogP contribution in [0.25, 0.3) is 0 Å². The van der Waals surface area contributed by atoms with Crippen molar-refractivity contribution in [2.24, 2.45) is 0 Å². The highest BCUT2D eigenvalue weighted by molar-refractivity contribution is 7.88. The number of benzene rings is 1. The third kappa shape index (κ3) is 4.88. The molecule has 162 valence electrons. The van der Waals surface area contributed by atoms with E-state index in [-0.39, 0.29) is 23.9 Å². The van der Waals surface area contributed by atoms with Crippen LogP contribution in [0.1, 0.15) is 51.5 Å². The number of carbonyl (C=O) groups excluding carboxylic acids is 2. The van der Waals surface area contributed by atoms with Crippen LogP contribution in [0.3, 0.4) is 0 Å². The minimum atomic E-state index is -3.38. The average molecular weight is 432 g/mol. The number of carbonyl (C=O) groups is 2. The number of aromatic amines is 1. The molecule has 8 heteroatoms. The Kier molecular flexibility index (Phi) is 6.90. The van der Waals surface area contributed by atoms with Gasteiger partial charge in [0.1, 0.15) is 0 Å². The van der Waals surface area contributed by atoms with Gasteiger partial charge in [-0.3, -0.25) is 14.5 Å². The van der Waals surface area contributed by atoms with Crippen LogP contribution < -0.4 is 0 Å². The van der Waals surface area contributed by atoms with E-state index in [2.05, 4.69) is 4.98 Å². The van der Waals surface area contributed by atoms with Gasteiger partial charge in [0.2, 0.25) is 10.0 Å². The number of aromatic nitrogens is 1. The van der Waals surface area contributed by atoms with Crippen LogP contribution in [0.15, 0.2) is 30.3 Å². The molecule has 1 aromatic heterocycles. The maximum Gasteiger partial charge on any atom is 0.218 e. The van der Waals surface area contributed by atoms with Crippen LogP contribution in [0.4, 0.5) is 0 Å². The Morgan fingerprint density at radius 1 is 1.07 bits per heavy atom. The zero-order chi connectivity index (χ0) is 21.9. The lowest BCUT2D eigenvalue weighted by atomic mass is 10.0. The second-order valence-corrected chi connectivity index (χ2v) is 9.70. The van der Waals surface area contributed by atoms with Crippen LogP contribution in [0, 0.1) is 6.92 Å². The topological polar surface area (TPSA) is 90.6 Å². The molecule has 0 saturated carbocycles. The zero-order valence-electron chi connectivity index (χ0n) is 17.8. The molecule has 0 amide bonds. The van der Waals surface area contributed by atoms with E-state index >= 15 is 0 Å². The molecule has 0 bridgehead atoms. The van der Waals surface area contributed by atoms with Crippen molar-refractivity contribution < 1.29 is 18.0 Å². The van der Waals surface area contributed by atoms with Crippen molar-refractivity contribution in [2.75, 3.05) is 32.7 Å². The molecule has 1 aromatic carbocycles. The molecule has 0 aliphatic carbocycles. The standard InChI is InChI=1S/C22H29N3O4S/c1-4-19-21(17(3)26)16(2)23-22(19)20(27)14-24-10-12-25(13-11-24)30(28,29)15-18-8-6-5-7-9-18/h5-9,23H,4,10-15H2,1-3H3. The van der Waals surface area contributed by atoms with E-state index in [1.54, 1.807) is 0 Å². The second-order valence-electron chi connectivity index (χ2n) is 7.73. The Morgan fingerprint density at radius 3 is 2.27 bits per heavy atom. The Hall–Kier alpha value is -2.29. The number of hydrogen-bond donors (Lipinski definition) is 1. The van der Waals surface area contributed by atoms with Crippen molar-refractivity contribution in [3.05, 3.63) is 58.4 Å². The predicted molar refractivity (Wildman–Crippen MR) is 116 cm³/mol. The lowest BCUT2D eigenvalue weighted by Gasteiger charge is -2.33. The summed E-state index contributed by atoms with van der Waals surface area (Å²) in [5.74, 6) is -0.123. The number of H-pyrrole nitrogens is 1. The Bertz CT molecular complexity index is 1020. The summed E-state index contributed by atoms with van der Waals surface area (Å²) in [5.41, 5.74) is 3.37. The fraction of sp³-hybridized carbons (Fsp3) is 0.455. The fourth-order valence-electron chi connectivity index (χ4n) is 4.07. The first-order chi connectivity index (χ1) is 14.2. The summed E-state index contributed by atoms with van der Waals surface area (Å²) in [6.07, 6.45) is 0.603. The van der Waals surface area contributed by atoms with Gasteiger partial charge in [-0.15, -0.1) is 0 Å². The number of hydrogen-bond acceptors (Lipinski definition) is 5. The van der Waals surface area contributed by atoms with E-state index in [0.29, 0.717) is 43.9 Å². The van der Waals surface area contributed by atoms with Gasteiger partial charge in [-0.25, -0.2) is 8.42 Å². The van der Waals surface area contributed by atoms with Gasteiger partial charge in [0.25, 0.3) is 0 Å². The van der Waals surface area contributed by atoms with Gasteiger partial charge in [0.15, 0.2) is 11.6 Å². The molecule has 0 radical (unpaired) electrons. The van der Waals surface area contributed by atoms with Crippen LogP contribution in [-0.2, 0) is 22.2 Å². The first-order valence-corrected chi connectivity index (χ1v) is 11.8. The van der Waals surface area contributed by atoms with Gasteiger partial charge in [-0.1, -0.05) is 37.3 Å². The molecule has 2 heterocycles. The summed E-state index contributed by atoms with van der Waals surface area (Å²) in [5, 5.41) is 0. The van der Waals surface area contributed by atoms with Crippen LogP contribution in [0.5, 0.6) is 0 Å². The van der Waals surface area contributed by atoms with Crippen LogP contribution >= 0.6 is 0 Å². The van der Waals surface area contributed by atoms with E-state index < -0.39 is 10.0 Å². The summed E-state index contributed by atoms with van der Waals surface area (Å²) in [6.45, 7) is 7.19. The van der Waals surface area contributed by atoms with Crippen molar-refractivity contribution in [1.82, 2.24) is 14.2 Å². The number of sulfonamides is 1. The molecule has 0 unspecified atom stereocenters. The molecule has 0 atom stereocenters. The lowest BCUT2D eigenvalue weighted by molar-refractivity contribution is 0.0896. The molecular weight excluding hydrogens is 402 g/mol. The summed E-state index contributed by atoms with van der Waals surface area (Å²) >= 11 is 0. The van der Waals surface area contributed by atoms with E-state index in [1.165, 1.54) is 11.2 Å². The van der Waals surface area contributed by atoms with E-state index in [4.69, 9.17) is 0 Å². The Labute approximate surface area is 178 Å². The zero-order valence-corrected chi connectivity index (χ0v) is 18.6. The van der Waals surface area contributed by atoms with Gasteiger partial charge >= 0.3 is 0 Å². The van der Waals surface area contributed by atoms with Crippen molar-refractivity contribution in [2.45, 2.75) is 32.9 Å². The first-order valence-electron chi connectivity index (χ1n) is 10.2. The third-order valence-electron chi connectivity index (χ3n) is 5.56. The second kappa shape index (κ2) is 9.24. The minimum Gasteiger partial charge on any atom is -0.355 e. The van der Waals surface area contributed by atoms with Crippen molar-refractivity contribution in [3.8, 4) is 0 Å². The van der Waals surface area contributed by atoms with Crippen molar-refractivity contribution >= 4 is 21.6 Å². The highest BCUT2D eigenvalue weighted by Crippen LogP contribution is 2.21. The fourth-order valence-corrected chi connectivity index (χ4v) is 5.58. The largest absolute Gasteiger partial charge is 0.355 e. The number of nitrogens with one attached hydrogen (secondary N) is 1. The van der Waals surface area contributed by atoms with E-state index in [1.807, 2.05) is 49.1 Å². The Morgan fingerprint density at radius 2 is 1.70 bits per heavy atom. The number of nitrogens with zero attached hydrogens (tertiary/aromatic N) is 2. The number of rotatable bonds is 8. The molecule has 0 spiro atoms. The molecule has 7 nitrogen and oxygen atoms in total. The molecule has 1 saturated heterocycles. The number of aryl methyl sites for hydroxylation is 1. The van der Waals surface area contributed by atoms with Gasteiger partial charge in [0.05, 0.1) is 18.0 Å². The molecule has 1 aliphatic rings. The van der Waals surface area contributed by atoms with Crippen molar-refractivity contribution in [1.29, 1.82) is 0 Å². The smallest absolute Gasteiger partial charge is 0.218 e. The predicted octanol–water partition coefficient (Wildman–Crippen LogP) is 2.42. The number of piperazine rings is 1. The quantitative estimate of drug-likeness (QED) is 0.648. The molecule has 3 rings (SSSR count). The third-order valence-corrected chi connectivity index (χ3v) is 7.41. The monoisotopic (exact) mass is 431 g/mol. The average Bonchev–Trinajstić information content (AvgIpc) is 3.05. The minimum absolute atomic E-state index is 0.0117. The molecule has 1 fully saturated rings. The molecule has 2 aromatic rings. The highest BCUT2D eigenvalue weighted by Gasteiger charge is 2.29. The lowest BCUT2D eigenvalue weighted by Crippen LogP contribution is -2.50. The SMILES string of the molecule is CCc1c(C(=O)CN2CCN(S(=O)(=O)Cc3ccccc3)CC2)[nH]c(C)c1C(C)=O. The van der Waals surface area contributed by atoms with Gasteiger partial charge in [-0.05, 0) is 31.4 Å². The van der Waals surface area contributed by atoms with Gasteiger partial charge in [-0.2, -0.15) is 4.31 Å². The highest BCUT2D eigenvalue weighted by atomic mass is 32.2. The molecule has 1 N–H and O–H groups in total. The summed E-state index contributed by atoms with van der Waals surface area (Å²) in [7, 11) is -3.38. The van der Waals surface area contributed by atoms with Gasteiger partial charge in [0, 0.05) is 37.4 Å². The summed E-state index contributed by atoms with van der Waals surface area (Å²) in [6, 6.07) is 9.15. The number of ketones is 2. The van der Waals surface area contributed by atoms with Crippen LogP contribution in [-0.4, -0.2) is 66.9 Å². The maximum atomic E-state index is 12.9. The molecule has 1 aliphatic heterocycles. The normalized spacial score (nSPS) is 16.0. The summed E-state index contributed by atoms with van der Waals surface area (Å²) in [4.78, 5) is 29.9. The van der Waals surface area contributed by atoms with E-state index in [0.717, 1.165) is 16.8 Å². The molecular formula is C22H29N3O4S. The Balaban J connectivity index is 1.62. The van der Waals surface area contributed by atoms with Crippen molar-refractivity contribution in [3.63, 3.8) is 0 Å². The van der Waals surface area contributed by atoms with Gasteiger partial charge < -0.3 is 4.98 Å². The van der Waals surface area contributed by atoms with Crippen LogP contribution in [0.2, 0.25) is 0 Å². The molecule has 30 heavy (non-hydrogen) atoms.